The van der Waals surface area contributed by atoms with Crippen molar-refractivity contribution in [1.29, 1.82) is 0 Å². The van der Waals surface area contributed by atoms with Gasteiger partial charge in [-0.15, -0.1) is 0 Å². The van der Waals surface area contributed by atoms with Gasteiger partial charge in [0.1, 0.15) is 5.69 Å². The zero-order chi connectivity index (χ0) is 16.7. The molecule has 0 atom stereocenters. The number of hydrogen-bond acceptors (Lipinski definition) is 2. The third kappa shape index (κ3) is 2.53. The Hall–Kier alpha value is -2.47. The topological polar surface area (TPSA) is 73.9 Å². The van der Waals surface area contributed by atoms with Crippen LogP contribution in [-0.4, -0.2) is 38.4 Å². The fraction of sp³-hybridized carbons (Fsp3) is 0.294. The number of rotatable bonds is 2. The van der Waals surface area contributed by atoms with Gasteiger partial charge in [0, 0.05) is 30.4 Å². The van der Waals surface area contributed by atoms with Crippen molar-refractivity contribution in [2.75, 3.05) is 13.1 Å². The Morgan fingerprint density at radius 2 is 2.00 bits per heavy atom. The van der Waals surface area contributed by atoms with Gasteiger partial charge in [-0.2, -0.15) is 0 Å². The highest BCUT2D eigenvalue weighted by atomic mass is 35.5. The Kier molecular flexibility index (Phi) is 3.69. The second-order valence-corrected chi connectivity index (χ2v) is 6.51. The number of amides is 1. The first kappa shape index (κ1) is 15.1. The summed E-state index contributed by atoms with van der Waals surface area (Å²) in [5.41, 5.74) is 2.09. The minimum Gasteiger partial charge on any atom is -0.357 e. The van der Waals surface area contributed by atoms with Gasteiger partial charge in [0.2, 0.25) is 0 Å². The van der Waals surface area contributed by atoms with Crippen LogP contribution in [0.2, 0.25) is 5.02 Å². The minimum atomic E-state index is -0.124. The number of carbonyl (C=O) groups is 1. The molecule has 7 heteroatoms. The number of fused-ring (bicyclic) bond motifs is 1. The van der Waals surface area contributed by atoms with Gasteiger partial charge >= 0.3 is 5.69 Å². The average molecular weight is 345 g/mol. The van der Waals surface area contributed by atoms with Crippen LogP contribution in [0.3, 0.4) is 0 Å². The van der Waals surface area contributed by atoms with Crippen molar-refractivity contribution in [3.8, 4) is 0 Å². The molecule has 6 nitrogen and oxygen atoms in total. The van der Waals surface area contributed by atoms with Gasteiger partial charge in [0.05, 0.1) is 11.0 Å². The van der Waals surface area contributed by atoms with Crippen molar-refractivity contribution in [3.63, 3.8) is 0 Å². The van der Waals surface area contributed by atoms with Crippen molar-refractivity contribution in [3.05, 3.63) is 57.7 Å². The molecular weight excluding hydrogens is 328 g/mol. The number of nitrogens with one attached hydrogen (secondary N) is 2. The molecule has 4 rings (SSSR count). The summed E-state index contributed by atoms with van der Waals surface area (Å²) >= 11 is 5.99. The predicted octanol–water partition coefficient (Wildman–Crippen LogP) is 2.79. The number of halogens is 1. The van der Waals surface area contributed by atoms with E-state index < -0.39 is 0 Å². The molecule has 0 aliphatic carbocycles. The highest BCUT2D eigenvalue weighted by Gasteiger charge is 2.26. The van der Waals surface area contributed by atoms with Gasteiger partial charge < -0.3 is 14.9 Å². The Bertz CT molecular complexity index is 933. The third-order valence-corrected chi connectivity index (χ3v) is 4.86. The quantitative estimate of drug-likeness (QED) is 0.750. The van der Waals surface area contributed by atoms with Crippen LogP contribution < -0.4 is 5.69 Å². The first-order valence-corrected chi connectivity index (χ1v) is 8.34. The van der Waals surface area contributed by atoms with E-state index in [-0.39, 0.29) is 17.6 Å². The lowest BCUT2D eigenvalue weighted by atomic mass is 10.0. The fourth-order valence-corrected chi connectivity index (χ4v) is 3.60. The molecule has 1 amide bonds. The first-order chi connectivity index (χ1) is 11.6. The van der Waals surface area contributed by atoms with Gasteiger partial charge in [-0.05, 0) is 43.2 Å². The largest absolute Gasteiger partial charge is 0.357 e. The molecule has 0 unspecified atom stereocenters. The van der Waals surface area contributed by atoms with E-state index in [1.807, 2.05) is 17.0 Å². The number of carbonyl (C=O) groups excluding carboxylic acids is 1. The van der Waals surface area contributed by atoms with Crippen molar-refractivity contribution < 1.29 is 4.79 Å². The highest BCUT2D eigenvalue weighted by molar-refractivity contribution is 6.31. The van der Waals surface area contributed by atoms with Crippen LogP contribution in [0.1, 0.15) is 29.4 Å². The standard InChI is InChI=1S/C17H17ClN4O2/c18-11-3-4-15-14(10-11)20-17(24)22(15)12-5-8-21(9-6-12)16(23)13-2-1-7-19-13/h1-4,7,10,12,19H,5-6,8-9H2,(H,20,24). The lowest BCUT2D eigenvalue weighted by Crippen LogP contribution is -2.40. The van der Waals surface area contributed by atoms with Crippen LogP contribution in [0, 0.1) is 0 Å². The number of benzene rings is 1. The Morgan fingerprint density at radius 1 is 1.21 bits per heavy atom. The lowest BCUT2D eigenvalue weighted by Gasteiger charge is -2.32. The van der Waals surface area contributed by atoms with E-state index in [9.17, 15) is 9.59 Å². The summed E-state index contributed by atoms with van der Waals surface area (Å²) in [4.78, 5) is 32.3. The van der Waals surface area contributed by atoms with E-state index in [0.717, 1.165) is 23.9 Å². The molecule has 1 aliphatic heterocycles. The molecule has 1 fully saturated rings. The van der Waals surface area contributed by atoms with Gasteiger partial charge in [-0.25, -0.2) is 4.79 Å². The summed E-state index contributed by atoms with van der Waals surface area (Å²) in [5, 5.41) is 0.599. The van der Waals surface area contributed by atoms with E-state index in [0.29, 0.717) is 23.8 Å². The van der Waals surface area contributed by atoms with Crippen molar-refractivity contribution in [1.82, 2.24) is 19.4 Å². The summed E-state index contributed by atoms with van der Waals surface area (Å²) in [5.74, 6) is 0.0107. The summed E-state index contributed by atoms with van der Waals surface area (Å²) < 4.78 is 1.79. The molecule has 3 aromatic rings. The normalized spacial score (nSPS) is 16.0. The maximum Gasteiger partial charge on any atom is 0.326 e. The summed E-state index contributed by atoms with van der Waals surface area (Å²) in [7, 11) is 0. The van der Waals surface area contributed by atoms with Gasteiger partial charge in [-0.1, -0.05) is 11.6 Å². The monoisotopic (exact) mass is 344 g/mol. The number of H-pyrrole nitrogens is 2. The first-order valence-electron chi connectivity index (χ1n) is 7.96. The third-order valence-electron chi connectivity index (χ3n) is 4.62. The number of aromatic nitrogens is 3. The van der Waals surface area contributed by atoms with E-state index in [4.69, 9.17) is 11.6 Å². The fourth-order valence-electron chi connectivity index (χ4n) is 3.43. The SMILES string of the molecule is O=C(c1ccc[nH]1)N1CCC(n2c(=O)[nH]c3cc(Cl)ccc32)CC1. The second kappa shape index (κ2) is 5.87. The Balaban J connectivity index is 1.55. The molecule has 2 N–H and O–H groups in total. The van der Waals surface area contributed by atoms with Crippen LogP contribution in [0.4, 0.5) is 0 Å². The van der Waals surface area contributed by atoms with Gasteiger partial charge in [0.25, 0.3) is 5.91 Å². The zero-order valence-electron chi connectivity index (χ0n) is 13.0. The molecule has 0 bridgehead atoms. The zero-order valence-corrected chi connectivity index (χ0v) is 13.7. The number of piperidine rings is 1. The van der Waals surface area contributed by atoms with E-state index >= 15 is 0 Å². The number of likely N-dealkylation sites (tertiary alicyclic amines) is 1. The minimum absolute atomic E-state index is 0.0107. The molecule has 124 valence electrons. The van der Waals surface area contributed by atoms with Crippen LogP contribution in [0.5, 0.6) is 0 Å². The number of aromatic amines is 2. The number of nitrogens with zero attached hydrogens (tertiary/aromatic N) is 2. The number of imidazole rings is 1. The molecule has 2 aromatic heterocycles. The van der Waals surface area contributed by atoms with E-state index in [1.165, 1.54) is 0 Å². The maximum absolute atomic E-state index is 12.4. The van der Waals surface area contributed by atoms with Gasteiger partial charge in [0.15, 0.2) is 0 Å². The molecule has 0 radical (unpaired) electrons. The van der Waals surface area contributed by atoms with Crippen LogP contribution in [0.25, 0.3) is 11.0 Å². The summed E-state index contributed by atoms with van der Waals surface area (Å²) in [6.45, 7) is 1.27. The average Bonchev–Trinajstić information content (AvgIpc) is 3.21. The van der Waals surface area contributed by atoms with Crippen molar-refractivity contribution in [2.45, 2.75) is 18.9 Å². The smallest absolute Gasteiger partial charge is 0.326 e. The summed E-state index contributed by atoms with van der Waals surface area (Å²) in [6, 6.07) is 9.10. The highest BCUT2D eigenvalue weighted by Crippen LogP contribution is 2.26. The van der Waals surface area contributed by atoms with Gasteiger partial charge in [-0.3, -0.25) is 9.36 Å². The molecule has 0 spiro atoms. The molecule has 3 heterocycles. The summed E-state index contributed by atoms with van der Waals surface area (Å²) in [6.07, 6.45) is 3.25. The Labute approximate surface area is 143 Å². The van der Waals surface area contributed by atoms with Crippen LogP contribution in [0.15, 0.2) is 41.3 Å². The predicted molar refractivity (Wildman–Crippen MR) is 92.5 cm³/mol. The lowest BCUT2D eigenvalue weighted by molar-refractivity contribution is 0.0690. The van der Waals surface area contributed by atoms with E-state index in [1.54, 1.807) is 29.0 Å². The molecular formula is C17H17ClN4O2. The molecule has 1 saturated heterocycles. The molecule has 24 heavy (non-hydrogen) atoms. The number of hydrogen-bond donors (Lipinski definition) is 2. The van der Waals surface area contributed by atoms with Crippen LogP contribution in [-0.2, 0) is 0 Å². The Morgan fingerprint density at radius 3 is 2.71 bits per heavy atom. The molecule has 1 aliphatic rings. The van der Waals surface area contributed by atoms with Crippen molar-refractivity contribution in [2.24, 2.45) is 0 Å². The maximum atomic E-state index is 12.4. The second-order valence-electron chi connectivity index (χ2n) is 6.07. The molecule has 1 aromatic carbocycles. The van der Waals surface area contributed by atoms with Crippen LogP contribution >= 0.6 is 11.6 Å². The van der Waals surface area contributed by atoms with Crippen molar-refractivity contribution >= 4 is 28.5 Å². The van der Waals surface area contributed by atoms with E-state index in [2.05, 4.69) is 9.97 Å². The molecule has 0 saturated carbocycles.